The highest BCUT2D eigenvalue weighted by atomic mass is 16.2. The third-order valence-electron chi connectivity index (χ3n) is 4.41. The maximum Gasteiger partial charge on any atom is 0.327 e. The fourth-order valence-corrected chi connectivity index (χ4v) is 3.36. The van der Waals surface area contributed by atoms with Crippen LogP contribution in [0.15, 0.2) is 18.7 Å². The highest BCUT2D eigenvalue weighted by Gasteiger charge is 2.36. The lowest BCUT2D eigenvalue weighted by Gasteiger charge is -2.47. The number of nitrogens with zero attached hydrogens (tertiary/aromatic N) is 3. The highest BCUT2D eigenvalue weighted by Crippen LogP contribution is 2.32. The molecular formula is C13H20N4O. The second kappa shape index (κ2) is 4.72. The van der Waals surface area contributed by atoms with Gasteiger partial charge in [0, 0.05) is 30.5 Å². The van der Waals surface area contributed by atoms with E-state index in [9.17, 15) is 4.79 Å². The lowest BCUT2D eigenvalue weighted by molar-refractivity contribution is 0.0509. The predicted molar refractivity (Wildman–Crippen MR) is 68.4 cm³/mol. The van der Waals surface area contributed by atoms with E-state index in [2.05, 4.69) is 22.2 Å². The van der Waals surface area contributed by atoms with Crippen LogP contribution in [0.4, 0.5) is 4.79 Å². The van der Waals surface area contributed by atoms with E-state index in [1.165, 1.54) is 23.8 Å². The van der Waals surface area contributed by atoms with E-state index < -0.39 is 0 Å². The van der Waals surface area contributed by atoms with Crippen molar-refractivity contribution in [2.75, 3.05) is 7.05 Å². The van der Waals surface area contributed by atoms with Gasteiger partial charge in [0.15, 0.2) is 0 Å². The Morgan fingerprint density at radius 3 is 2.67 bits per heavy atom. The van der Waals surface area contributed by atoms with Crippen LogP contribution >= 0.6 is 0 Å². The number of imidazole rings is 1. The summed E-state index contributed by atoms with van der Waals surface area (Å²) in [6.07, 6.45) is 10.9. The Labute approximate surface area is 107 Å². The molecule has 0 aliphatic carbocycles. The molecule has 2 aliphatic heterocycles. The summed E-state index contributed by atoms with van der Waals surface area (Å²) in [7, 11) is 2.22. The van der Waals surface area contributed by atoms with Crippen molar-refractivity contribution in [3.05, 3.63) is 18.7 Å². The molecule has 2 bridgehead atoms. The van der Waals surface area contributed by atoms with Gasteiger partial charge in [-0.05, 0) is 32.7 Å². The zero-order valence-corrected chi connectivity index (χ0v) is 10.7. The van der Waals surface area contributed by atoms with E-state index in [0.29, 0.717) is 18.1 Å². The molecule has 2 saturated heterocycles. The molecule has 2 unspecified atom stereocenters. The van der Waals surface area contributed by atoms with Crippen LogP contribution in [0, 0.1) is 0 Å². The Balaban J connectivity index is 1.63. The minimum absolute atomic E-state index is 0.0554. The highest BCUT2D eigenvalue weighted by molar-refractivity contribution is 5.76. The smallest absolute Gasteiger partial charge is 0.327 e. The molecule has 3 rings (SSSR count). The molecule has 1 amide bonds. The van der Waals surface area contributed by atoms with Gasteiger partial charge in [0.25, 0.3) is 0 Å². The number of hydrogen-bond acceptors (Lipinski definition) is 3. The van der Waals surface area contributed by atoms with Crippen molar-refractivity contribution < 1.29 is 4.79 Å². The zero-order valence-electron chi connectivity index (χ0n) is 10.7. The van der Waals surface area contributed by atoms with Crippen LogP contribution < -0.4 is 5.32 Å². The van der Waals surface area contributed by atoms with E-state index in [4.69, 9.17) is 0 Å². The molecule has 0 saturated carbocycles. The van der Waals surface area contributed by atoms with E-state index in [-0.39, 0.29) is 6.03 Å². The molecule has 5 heteroatoms. The van der Waals surface area contributed by atoms with Crippen LogP contribution in [0.3, 0.4) is 0 Å². The first-order valence-corrected chi connectivity index (χ1v) is 6.75. The maximum absolute atomic E-state index is 12.0. The predicted octanol–water partition coefficient (Wildman–Crippen LogP) is 1.46. The average molecular weight is 248 g/mol. The van der Waals surface area contributed by atoms with Gasteiger partial charge >= 0.3 is 6.03 Å². The number of rotatable bonds is 1. The van der Waals surface area contributed by atoms with Crippen LogP contribution in [-0.2, 0) is 0 Å². The Kier molecular flexibility index (Phi) is 3.07. The molecule has 0 aromatic carbocycles. The molecule has 3 heterocycles. The molecule has 1 aromatic rings. The monoisotopic (exact) mass is 248 g/mol. The van der Waals surface area contributed by atoms with Crippen molar-refractivity contribution in [2.45, 2.75) is 50.2 Å². The van der Waals surface area contributed by atoms with Crippen LogP contribution in [-0.4, -0.2) is 45.7 Å². The third kappa shape index (κ3) is 2.14. The lowest BCUT2D eigenvalue weighted by Crippen LogP contribution is -2.55. The van der Waals surface area contributed by atoms with Crippen LogP contribution in [0.1, 0.15) is 32.1 Å². The maximum atomic E-state index is 12.0. The summed E-state index contributed by atoms with van der Waals surface area (Å²) in [6, 6.07) is 1.54. The van der Waals surface area contributed by atoms with Crippen molar-refractivity contribution in [1.29, 1.82) is 0 Å². The second-order valence-corrected chi connectivity index (χ2v) is 5.49. The molecule has 1 aromatic heterocycles. The lowest BCUT2D eigenvalue weighted by atomic mass is 9.82. The van der Waals surface area contributed by atoms with Gasteiger partial charge in [0.05, 0.1) is 0 Å². The molecule has 18 heavy (non-hydrogen) atoms. The van der Waals surface area contributed by atoms with Crippen molar-refractivity contribution in [2.24, 2.45) is 0 Å². The molecule has 0 spiro atoms. The van der Waals surface area contributed by atoms with Crippen molar-refractivity contribution in [3.8, 4) is 0 Å². The van der Waals surface area contributed by atoms with E-state index in [0.717, 1.165) is 12.8 Å². The van der Waals surface area contributed by atoms with Crippen LogP contribution in [0.5, 0.6) is 0 Å². The van der Waals surface area contributed by atoms with Gasteiger partial charge in [-0.3, -0.25) is 4.57 Å². The standard InChI is InChI=1S/C13H20N4O/c1-16-11-3-2-4-12(16)8-10(7-11)15-13(18)17-6-5-14-9-17/h5-6,9-12H,2-4,7-8H2,1H3,(H,15,18). The molecular weight excluding hydrogens is 228 g/mol. The van der Waals surface area contributed by atoms with Crippen molar-refractivity contribution in [3.63, 3.8) is 0 Å². The Morgan fingerprint density at radius 1 is 1.33 bits per heavy atom. The summed E-state index contributed by atoms with van der Waals surface area (Å²) in [6.45, 7) is 0. The van der Waals surface area contributed by atoms with Gasteiger partial charge < -0.3 is 10.2 Å². The molecule has 2 atom stereocenters. The minimum Gasteiger partial charge on any atom is -0.335 e. The minimum atomic E-state index is -0.0554. The van der Waals surface area contributed by atoms with Crippen LogP contribution in [0.2, 0.25) is 0 Å². The van der Waals surface area contributed by atoms with Gasteiger partial charge in [0.2, 0.25) is 0 Å². The fourth-order valence-electron chi connectivity index (χ4n) is 3.36. The number of amides is 1. The summed E-state index contributed by atoms with van der Waals surface area (Å²) < 4.78 is 1.51. The Hall–Kier alpha value is -1.36. The third-order valence-corrected chi connectivity index (χ3v) is 4.41. The molecule has 1 N–H and O–H groups in total. The van der Waals surface area contributed by atoms with Crippen molar-refractivity contribution in [1.82, 2.24) is 19.8 Å². The largest absolute Gasteiger partial charge is 0.335 e. The van der Waals surface area contributed by atoms with Crippen LogP contribution in [0.25, 0.3) is 0 Å². The Morgan fingerprint density at radius 2 is 2.06 bits per heavy atom. The number of carbonyl (C=O) groups excluding carboxylic acids is 1. The first-order chi connectivity index (χ1) is 8.74. The van der Waals surface area contributed by atoms with E-state index >= 15 is 0 Å². The second-order valence-electron chi connectivity index (χ2n) is 5.49. The van der Waals surface area contributed by atoms with Gasteiger partial charge in [-0.15, -0.1) is 0 Å². The Bertz CT molecular complexity index is 403. The number of hydrogen-bond donors (Lipinski definition) is 1. The number of nitrogens with one attached hydrogen (secondary N) is 1. The topological polar surface area (TPSA) is 50.2 Å². The normalized spacial score (nSPS) is 32.2. The van der Waals surface area contributed by atoms with Gasteiger partial charge in [-0.25, -0.2) is 9.78 Å². The molecule has 2 fully saturated rings. The summed E-state index contributed by atoms with van der Waals surface area (Å²) in [4.78, 5) is 18.4. The van der Waals surface area contributed by atoms with Gasteiger partial charge in [0.1, 0.15) is 6.33 Å². The van der Waals surface area contributed by atoms with Gasteiger partial charge in [-0.2, -0.15) is 0 Å². The first kappa shape index (κ1) is 11.7. The van der Waals surface area contributed by atoms with Gasteiger partial charge in [-0.1, -0.05) is 6.42 Å². The van der Waals surface area contributed by atoms with E-state index in [1.54, 1.807) is 18.7 Å². The quantitative estimate of drug-likeness (QED) is 0.818. The first-order valence-electron chi connectivity index (χ1n) is 6.75. The summed E-state index contributed by atoms with van der Waals surface area (Å²) in [5.41, 5.74) is 0. The summed E-state index contributed by atoms with van der Waals surface area (Å²) in [5, 5.41) is 3.13. The van der Waals surface area contributed by atoms with E-state index in [1.807, 2.05) is 0 Å². The molecule has 0 radical (unpaired) electrons. The molecule has 5 nitrogen and oxygen atoms in total. The number of aromatic nitrogens is 2. The SMILES string of the molecule is CN1C2CCCC1CC(NC(=O)n1ccnc1)C2. The number of piperidine rings is 2. The number of carbonyl (C=O) groups is 1. The molecule has 98 valence electrons. The average Bonchev–Trinajstić information content (AvgIpc) is 2.84. The van der Waals surface area contributed by atoms with Crippen molar-refractivity contribution >= 4 is 6.03 Å². The fraction of sp³-hybridized carbons (Fsp3) is 0.692. The summed E-state index contributed by atoms with van der Waals surface area (Å²) >= 11 is 0. The molecule has 2 aliphatic rings. The number of fused-ring (bicyclic) bond motifs is 2. The summed E-state index contributed by atoms with van der Waals surface area (Å²) in [5.74, 6) is 0. The zero-order chi connectivity index (χ0) is 12.5.